The van der Waals surface area contributed by atoms with Gasteiger partial charge in [-0.2, -0.15) is 0 Å². The van der Waals surface area contributed by atoms with Crippen LogP contribution in [0.1, 0.15) is 88.9 Å². The Hall–Kier alpha value is -2.40. The highest BCUT2D eigenvalue weighted by Crippen LogP contribution is 2.31. The summed E-state index contributed by atoms with van der Waals surface area (Å²) in [5, 5.41) is 0. The predicted octanol–water partition coefficient (Wildman–Crippen LogP) is 5.63. The lowest BCUT2D eigenvalue weighted by atomic mass is 9.87. The van der Waals surface area contributed by atoms with E-state index in [1.807, 2.05) is 30.5 Å². The molecule has 5 heteroatoms. The number of rotatable bonds is 7. The topological polar surface area (TPSA) is 47.4 Å². The Morgan fingerprint density at radius 1 is 1.15 bits per heavy atom. The minimum Gasteiger partial charge on any atom is -0.491 e. The molecule has 0 saturated carbocycles. The summed E-state index contributed by atoms with van der Waals surface area (Å²) in [6, 6.07) is 8.82. The van der Waals surface area contributed by atoms with Crippen LogP contribution in [0.15, 0.2) is 35.1 Å². The normalized spacial score (nSPS) is 20.9. The zero-order valence-corrected chi connectivity index (χ0v) is 21.8. The molecule has 184 valence electrons. The van der Waals surface area contributed by atoms with Gasteiger partial charge in [0.15, 0.2) is 0 Å². The van der Waals surface area contributed by atoms with Gasteiger partial charge in [0.1, 0.15) is 11.6 Å². The van der Waals surface area contributed by atoms with Crippen LogP contribution in [-0.4, -0.2) is 39.7 Å². The highest BCUT2D eigenvalue weighted by Gasteiger charge is 2.27. The molecule has 2 atom stereocenters. The zero-order chi connectivity index (χ0) is 24.4. The molecule has 2 aliphatic rings. The molecule has 0 radical (unpaired) electrons. The summed E-state index contributed by atoms with van der Waals surface area (Å²) in [4.78, 5) is 21.4. The maximum atomic E-state index is 13.9. The third-order valence-electron chi connectivity index (χ3n) is 7.13. The second kappa shape index (κ2) is 10.5. The number of ether oxygens (including phenoxy) is 1. The number of nitrogens with zero attached hydrogens (tertiary/aromatic N) is 3. The number of allylic oxidation sites excluding steroid dienone is 1. The van der Waals surface area contributed by atoms with Crippen LogP contribution in [0.3, 0.4) is 0 Å². The highest BCUT2D eigenvalue weighted by molar-refractivity contribution is 5.55. The average Bonchev–Trinajstić information content (AvgIpc) is 2.80. The van der Waals surface area contributed by atoms with Crippen LogP contribution in [0.25, 0.3) is 6.08 Å². The summed E-state index contributed by atoms with van der Waals surface area (Å²) < 4.78 is 7.91. The van der Waals surface area contributed by atoms with E-state index in [1.165, 1.54) is 18.4 Å². The maximum absolute atomic E-state index is 13.9. The van der Waals surface area contributed by atoms with E-state index in [0.29, 0.717) is 18.4 Å². The lowest BCUT2D eigenvalue weighted by Gasteiger charge is -2.36. The second-order valence-electron chi connectivity index (χ2n) is 10.9. The predicted molar refractivity (Wildman–Crippen MR) is 140 cm³/mol. The standard InChI is InChI=1S/C29H41N3O2/c1-19(2)28-30-27-13-12-24(23-10-7-11-25(15-23)34-21(5)6)16-26(27)29(33)32(28)18-22-9-8-14-31(17-22)20(3)4/h7,10-13,15,19-22,24H,8-9,14,16-18H2,1-6H3/t22-,24?/m0/s1. The van der Waals surface area contributed by atoms with Crippen LogP contribution >= 0.6 is 0 Å². The molecule has 2 heterocycles. The number of benzene rings is 1. The van der Waals surface area contributed by atoms with Crippen molar-refractivity contribution in [3.05, 3.63) is 63.3 Å². The van der Waals surface area contributed by atoms with Crippen molar-refractivity contribution in [3.63, 3.8) is 0 Å². The molecule has 2 aromatic rings. The Morgan fingerprint density at radius 3 is 2.65 bits per heavy atom. The fraction of sp³-hybridized carbons (Fsp3) is 0.586. The van der Waals surface area contributed by atoms with Gasteiger partial charge in [0, 0.05) is 36.5 Å². The summed E-state index contributed by atoms with van der Waals surface area (Å²) in [5.41, 5.74) is 3.03. The van der Waals surface area contributed by atoms with Gasteiger partial charge in [-0.15, -0.1) is 0 Å². The summed E-state index contributed by atoms with van der Waals surface area (Å²) in [5.74, 6) is 2.65. The number of likely N-dealkylation sites (tertiary alicyclic amines) is 1. The van der Waals surface area contributed by atoms with Crippen molar-refractivity contribution in [3.8, 4) is 5.75 Å². The first kappa shape index (κ1) is 24.7. The summed E-state index contributed by atoms with van der Waals surface area (Å²) in [7, 11) is 0. The molecule has 1 fully saturated rings. The highest BCUT2D eigenvalue weighted by atomic mass is 16.5. The van der Waals surface area contributed by atoms with E-state index in [2.05, 4.69) is 56.9 Å². The first-order valence-electron chi connectivity index (χ1n) is 13.0. The van der Waals surface area contributed by atoms with Crippen molar-refractivity contribution in [2.45, 2.75) is 91.3 Å². The van der Waals surface area contributed by atoms with Crippen molar-refractivity contribution in [1.82, 2.24) is 14.5 Å². The van der Waals surface area contributed by atoms with Crippen LogP contribution in [0, 0.1) is 5.92 Å². The maximum Gasteiger partial charge on any atom is 0.257 e. The van der Waals surface area contributed by atoms with Gasteiger partial charge >= 0.3 is 0 Å². The van der Waals surface area contributed by atoms with Gasteiger partial charge in [0.2, 0.25) is 0 Å². The quantitative estimate of drug-likeness (QED) is 0.534. The molecule has 0 bridgehead atoms. The lowest BCUT2D eigenvalue weighted by Crippen LogP contribution is -2.43. The van der Waals surface area contributed by atoms with Gasteiger partial charge in [0.25, 0.3) is 5.56 Å². The molecule has 4 rings (SSSR count). The third-order valence-corrected chi connectivity index (χ3v) is 7.13. The van der Waals surface area contributed by atoms with E-state index in [9.17, 15) is 4.79 Å². The lowest BCUT2D eigenvalue weighted by molar-refractivity contribution is 0.129. The van der Waals surface area contributed by atoms with E-state index in [-0.39, 0.29) is 23.5 Å². The Morgan fingerprint density at radius 2 is 1.94 bits per heavy atom. The molecule has 0 N–H and O–H groups in total. The van der Waals surface area contributed by atoms with Gasteiger partial charge in [0.05, 0.1) is 11.8 Å². The Labute approximate surface area is 204 Å². The fourth-order valence-electron chi connectivity index (χ4n) is 5.36. The molecule has 1 aliphatic heterocycles. The first-order valence-corrected chi connectivity index (χ1v) is 13.0. The van der Waals surface area contributed by atoms with Gasteiger partial charge in [-0.05, 0) is 83.2 Å². The Bertz CT molecular complexity index is 1080. The summed E-state index contributed by atoms with van der Waals surface area (Å²) >= 11 is 0. The van der Waals surface area contributed by atoms with Gasteiger partial charge in [-0.3, -0.25) is 9.36 Å². The molecule has 1 saturated heterocycles. The minimum absolute atomic E-state index is 0.134. The van der Waals surface area contributed by atoms with E-state index in [0.717, 1.165) is 42.5 Å². The number of aromatic nitrogens is 2. The molecule has 1 aliphatic carbocycles. The molecule has 0 spiro atoms. The van der Waals surface area contributed by atoms with E-state index in [4.69, 9.17) is 9.72 Å². The van der Waals surface area contributed by atoms with Crippen LogP contribution in [0.5, 0.6) is 5.75 Å². The van der Waals surface area contributed by atoms with Crippen molar-refractivity contribution in [2.24, 2.45) is 5.92 Å². The summed E-state index contributed by atoms with van der Waals surface area (Å²) in [6.07, 6.45) is 7.44. The van der Waals surface area contributed by atoms with E-state index >= 15 is 0 Å². The molecule has 1 aromatic carbocycles. The van der Waals surface area contributed by atoms with Crippen molar-refractivity contribution >= 4 is 6.08 Å². The molecule has 1 unspecified atom stereocenters. The van der Waals surface area contributed by atoms with Crippen molar-refractivity contribution < 1.29 is 4.74 Å². The Kier molecular flexibility index (Phi) is 7.61. The van der Waals surface area contributed by atoms with Gasteiger partial charge in [-0.1, -0.05) is 32.1 Å². The van der Waals surface area contributed by atoms with Crippen LogP contribution < -0.4 is 10.3 Å². The molecular weight excluding hydrogens is 422 g/mol. The first-order chi connectivity index (χ1) is 16.2. The van der Waals surface area contributed by atoms with Crippen LogP contribution in [0.2, 0.25) is 0 Å². The Balaban J connectivity index is 1.63. The molecule has 1 aromatic heterocycles. The number of fused-ring (bicyclic) bond motifs is 1. The van der Waals surface area contributed by atoms with Crippen LogP contribution in [-0.2, 0) is 13.0 Å². The summed E-state index contributed by atoms with van der Waals surface area (Å²) in [6.45, 7) is 15.9. The largest absolute Gasteiger partial charge is 0.491 e. The smallest absolute Gasteiger partial charge is 0.257 e. The molecule has 0 amide bonds. The molecule has 34 heavy (non-hydrogen) atoms. The van der Waals surface area contributed by atoms with Crippen molar-refractivity contribution in [2.75, 3.05) is 13.1 Å². The van der Waals surface area contributed by atoms with Gasteiger partial charge < -0.3 is 9.64 Å². The van der Waals surface area contributed by atoms with Crippen LogP contribution in [0.4, 0.5) is 0 Å². The monoisotopic (exact) mass is 463 g/mol. The number of piperidine rings is 1. The van der Waals surface area contributed by atoms with E-state index in [1.54, 1.807) is 0 Å². The molecular formula is C29H41N3O2. The zero-order valence-electron chi connectivity index (χ0n) is 21.8. The average molecular weight is 464 g/mol. The number of hydrogen-bond acceptors (Lipinski definition) is 4. The van der Waals surface area contributed by atoms with Crippen molar-refractivity contribution in [1.29, 1.82) is 0 Å². The third kappa shape index (κ3) is 5.46. The van der Waals surface area contributed by atoms with E-state index < -0.39 is 0 Å². The minimum atomic E-state index is 0.134. The number of hydrogen-bond donors (Lipinski definition) is 0. The fourth-order valence-corrected chi connectivity index (χ4v) is 5.36. The SMILES string of the molecule is CC(C)Oc1cccc(C2C=Cc3nc(C(C)C)n(C[C@H]4CCCN(C(C)C)C4)c(=O)c3C2)c1. The van der Waals surface area contributed by atoms with Gasteiger partial charge in [-0.25, -0.2) is 4.98 Å². The molecule has 5 nitrogen and oxygen atoms in total. The second-order valence-corrected chi connectivity index (χ2v) is 10.9.